The predicted octanol–water partition coefficient (Wildman–Crippen LogP) is 2.41. The molecule has 0 spiro atoms. The number of hydrazone groups is 1. The molecule has 1 aromatic heterocycles. The van der Waals surface area contributed by atoms with Crippen LogP contribution in [0.25, 0.3) is 0 Å². The molecule has 2 aromatic rings. The SMILES string of the molecule is Cn1cc(Br)c(C(=O)NN=Cc2cc(Br)ccc2O)n1. The second-order valence-corrected chi connectivity index (χ2v) is 5.67. The van der Waals surface area contributed by atoms with Crippen molar-refractivity contribution in [2.45, 2.75) is 0 Å². The number of rotatable bonds is 3. The van der Waals surface area contributed by atoms with Gasteiger partial charge >= 0.3 is 0 Å². The smallest absolute Gasteiger partial charge is 0.293 e. The van der Waals surface area contributed by atoms with Crippen LogP contribution in [0.1, 0.15) is 16.1 Å². The van der Waals surface area contributed by atoms with Crippen LogP contribution in [0.2, 0.25) is 0 Å². The first kappa shape index (κ1) is 14.7. The molecule has 0 fully saturated rings. The summed E-state index contributed by atoms with van der Waals surface area (Å²) in [4.78, 5) is 11.8. The van der Waals surface area contributed by atoms with Gasteiger partial charge < -0.3 is 5.11 Å². The number of amides is 1. The van der Waals surface area contributed by atoms with Crippen LogP contribution in [-0.2, 0) is 7.05 Å². The number of nitrogens with zero attached hydrogens (tertiary/aromatic N) is 3. The molecule has 0 radical (unpaired) electrons. The third-order valence-electron chi connectivity index (χ3n) is 2.36. The van der Waals surface area contributed by atoms with Crippen molar-refractivity contribution in [2.24, 2.45) is 12.1 Å². The van der Waals surface area contributed by atoms with E-state index in [0.29, 0.717) is 10.0 Å². The van der Waals surface area contributed by atoms with Gasteiger partial charge in [-0.05, 0) is 34.1 Å². The van der Waals surface area contributed by atoms with Crippen LogP contribution in [-0.4, -0.2) is 27.0 Å². The number of phenolic OH excluding ortho intramolecular Hbond substituents is 1. The van der Waals surface area contributed by atoms with Gasteiger partial charge in [-0.25, -0.2) is 5.43 Å². The average molecular weight is 402 g/mol. The van der Waals surface area contributed by atoms with Crippen molar-refractivity contribution in [3.8, 4) is 5.75 Å². The standard InChI is InChI=1S/C12H10Br2N4O2/c1-18-6-9(14)11(17-18)12(20)16-15-5-7-4-8(13)2-3-10(7)19/h2-6,19H,1H3,(H,16,20). The normalized spacial score (nSPS) is 10.9. The topological polar surface area (TPSA) is 79.5 Å². The van der Waals surface area contributed by atoms with Gasteiger partial charge in [0.25, 0.3) is 5.91 Å². The first-order valence-corrected chi connectivity index (χ1v) is 7.07. The van der Waals surface area contributed by atoms with Crippen LogP contribution in [0.5, 0.6) is 5.75 Å². The van der Waals surface area contributed by atoms with Crippen LogP contribution in [0.15, 0.2) is 38.4 Å². The molecule has 0 atom stereocenters. The van der Waals surface area contributed by atoms with Crippen LogP contribution < -0.4 is 5.43 Å². The lowest BCUT2D eigenvalue weighted by Crippen LogP contribution is -2.19. The van der Waals surface area contributed by atoms with Gasteiger partial charge in [0.2, 0.25) is 0 Å². The lowest BCUT2D eigenvalue weighted by Gasteiger charge is -2.00. The minimum atomic E-state index is -0.441. The fourth-order valence-electron chi connectivity index (χ4n) is 1.46. The Hall–Kier alpha value is -1.67. The monoisotopic (exact) mass is 400 g/mol. The first-order valence-electron chi connectivity index (χ1n) is 5.48. The number of aromatic nitrogens is 2. The van der Waals surface area contributed by atoms with Crippen LogP contribution in [0.4, 0.5) is 0 Å². The van der Waals surface area contributed by atoms with Crippen molar-refractivity contribution in [3.05, 3.63) is 44.6 Å². The van der Waals surface area contributed by atoms with Crippen LogP contribution in [0.3, 0.4) is 0 Å². The molecule has 6 nitrogen and oxygen atoms in total. The largest absolute Gasteiger partial charge is 0.507 e. The highest BCUT2D eigenvalue weighted by Gasteiger charge is 2.13. The lowest BCUT2D eigenvalue weighted by atomic mass is 10.2. The highest BCUT2D eigenvalue weighted by Crippen LogP contribution is 2.20. The molecule has 0 unspecified atom stereocenters. The van der Waals surface area contributed by atoms with E-state index in [4.69, 9.17) is 0 Å². The highest BCUT2D eigenvalue weighted by atomic mass is 79.9. The second-order valence-electron chi connectivity index (χ2n) is 3.90. The van der Waals surface area contributed by atoms with Crippen molar-refractivity contribution in [3.63, 3.8) is 0 Å². The highest BCUT2D eigenvalue weighted by molar-refractivity contribution is 9.10. The van der Waals surface area contributed by atoms with Crippen molar-refractivity contribution < 1.29 is 9.90 Å². The summed E-state index contributed by atoms with van der Waals surface area (Å²) in [5, 5.41) is 17.4. The summed E-state index contributed by atoms with van der Waals surface area (Å²) in [5.74, 6) is -0.367. The first-order chi connectivity index (χ1) is 9.47. The molecule has 1 amide bonds. The zero-order valence-electron chi connectivity index (χ0n) is 10.3. The van der Waals surface area contributed by atoms with E-state index in [1.54, 1.807) is 25.4 Å². The Bertz CT molecular complexity index is 682. The molecule has 0 saturated heterocycles. The zero-order chi connectivity index (χ0) is 14.7. The quantitative estimate of drug-likeness (QED) is 0.612. The van der Waals surface area contributed by atoms with E-state index in [0.717, 1.165) is 4.47 Å². The Balaban J connectivity index is 2.08. The Kier molecular flexibility index (Phi) is 4.56. The maximum atomic E-state index is 11.8. The van der Waals surface area contributed by atoms with E-state index in [-0.39, 0.29) is 11.4 Å². The number of aryl methyl sites for hydroxylation is 1. The Morgan fingerprint density at radius 3 is 2.90 bits per heavy atom. The van der Waals surface area contributed by atoms with Gasteiger partial charge in [-0.2, -0.15) is 10.2 Å². The Labute approximate surface area is 131 Å². The molecular formula is C12H10Br2N4O2. The molecule has 2 N–H and O–H groups in total. The number of hydrogen-bond donors (Lipinski definition) is 2. The fourth-order valence-corrected chi connectivity index (χ4v) is 2.39. The van der Waals surface area contributed by atoms with Gasteiger partial charge in [-0.15, -0.1) is 0 Å². The fraction of sp³-hybridized carbons (Fsp3) is 0.0833. The summed E-state index contributed by atoms with van der Waals surface area (Å²) < 4.78 is 2.90. The maximum absolute atomic E-state index is 11.8. The molecule has 8 heteroatoms. The minimum Gasteiger partial charge on any atom is -0.507 e. The van der Waals surface area contributed by atoms with Crippen molar-refractivity contribution in [1.82, 2.24) is 15.2 Å². The van der Waals surface area contributed by atoms with E-state index in [1.807, 2.05) is 0 Å². The molecule has 0 aliphatic rings. The minimum absolute atomic E-state index is 0.0743. The number of phenols is 1. The molecule has 0 aliphatic heterocycles. The number of benzene rings is 1. The van der Waals surface area contributed by atoms with E-state index in [1.165, 1.54) is 17.0 Å². The van der Waals surface area contributed by atoms with E-state index < -0.39 is 5.91 Å². The zero-order valence-corrected chi connectivity index (χ0v) is 13.5. The van der Waals surface area contributed by atoms with E-state index >= 15 is 0 Å². The number of hydrogen-bond acceptors (Lipinski definition) is 4. The van der Waals surface area contributed by atoms with Gasteiger partial charge in [0.15, 0.2) is 5.69 Å². The lowest BCUT2D eigenvalue weighted by molar-refractivity contribution is 0.0948. The van der Waals surface area contributed by atoms with E-state index in [9.17, 15) is 9.90 Å². The van der Waals surface area contributed by atoms with Gasteiger partial charge in [-0.1, -0.05) is 15.9 Å². The van der Waals surface area contributed by atoms with Gasteiger partial charge in [0.1, 0.15) is 5.75 Å². The molecule has 20 heavy (non-hydrogen) atoms. The number of halogens is 2. The molecule has 104 valence electrons. The Morgan fingerprint density at radius 1 is 1.50 bits per heavy atom. The van der Waals surface area contributed by atoms with Gasteiger partial charge in [0.05, 0.1) is 10.7 Å². The second kappa shape index (κ2) is 6.19. The third-order valence-corrected chi connectivity index (χ3v) is 3.43. The average Bonchev–Trinajstić information content (AvgIpc) is 2.72. The summed E-state index contributed by atoms with van der Waals surface area (Å²) in [6, 6.07) is 4.92. The van der Waals surface area contributed by atoms with E-state index in [2.05, 4.69) is 47.5 Å². The number of nitrogens with one attached hydrogen (secondary N) is 1. The van der Waals surface area contributed by atoms with Gasteiger partial charge in [-0.3, -0.25) is 9.48 Å². The number of aromatic hydroxyl groups is 1. The molecule has 0 saturated carbocycles. The molecule has 2 rings (SSSR count). The Morgan fingerprint density at radius 2 is 2.25 bits per heavy atom. The maximum Gasteiger partial charge on any atom is 0.293 e. The summed E-state index contributed by atoms with van der Waals surface area (Å²) in [6.07, 6.45) is 3.02. The van der Waals surface area contributed by atoms with Crippen molar-refractivity contribution in [2.75, 3.05) is 0 Å². The van der Waals surface area contributed by atoms with Crippen molar-refractivity contribution in [1.29, 1.82) is 0 Å². The van der Waals surface area contributed by atoms with Crippen LogP contribution >= 0.6 is 31.9 Å². The summed E-state index contributed by atoms with van der Waals surface area (Å²) in [6.45, 7) is 0. The summed E-state index contributed by atoms with van der Waals surface area (Å²) in [5.41, 5.74) is 3.07. The van der Waals surface area contributed by atoms with Gasteiger partial charge in [0, 0.05) is 23.3 Å². The predicted molar refractivity (Wildman–Crippen MR) is 81.8 cm³/mol. The molecule has 1 heterocycles. The van der Waals surface area contributed by atoms with Crippen molar-refractivity contribution >= 4 is 44.0 Å². The number of carbonyl (C=O) groups excluding carboxylic acids is 1. The molecule has 0 bridgehead atoms. The summed E-state index contributed by atoms with van der Waals surface area (Å²) in [7, 11) is 1.71. The van der Waals surface area contributed by atoms with Crippen LogP contribution in [0, 0.1) is 0 Å². The molecule has 1 aromatic carbocycles. The number of carbonyl (C=O) groups is 1. The summed E-state index contributed by atoms with van der Waals surface area (Å²) >= 11 is 6.52. The molecule has 0 aliphatic carbocycles. The third kappa shape index (κ3) is 3.45. The molecular weight excluding hydrogens is 392 g/mol.